The molecule has 0 aliphatic carbocycles. The summed E-state index contributed by atoms with van der Waals surface area (Å²) in [5.41, 5.74) is 0.850. The summed E-state index contributed by atoms with van der Waals surface area (Å²) in [5.74, 6) is -0.699. The average molecular weight is 463 g/mol. The summed E-state index contributed by atoms with van der Waals surface area (Å²) in [6.45, 7) is 2.36. The van der Waals surface area contributed by atoms with Gasteiger partial charge in [0.2, 0.25) is 10.0 Å². The summed E-state index contributed by atoms with van der Waals surface area (Å²) in [4.78, 5) is 27.0. The molecule has 2 aliphatic rings. The topological polar surface area (TPSA) is 84.0 Å². The molecule has 3 aromatic rings. The maximum Gasteiger partial charge on any atom is 0.338 e. The largest absolute Gasteiger partial charge is 0.462 e. The zero-order valence-corrected chi connectivity index (χ0v) is 18.8. The first-order valence-electron chi connectivity index (χ1n) is 10.7. The molecule has 168 valence electrons. The van der Waals surface area contributed by atoms with Gasteiger partial charge in [-0.1, -0.05) is 48.5 Å². The van der Waals surface area contributed by atoms with Gasteiger partial charge in [0.05, 0.1) is 17.1 Å². The molecular weight excluding hydrogens is 440 g/mol. The highest BCUT2D eigenvalue weighted by Crippen LogP contribution is 2.51. The van der Waals surface area contributed by atoms with E-state index in [0.29, 0.717) is 16.7 Å². The van der Waals surface area contributed by atoms with Crippen molar-refractivity contribution in [2.45, 2.75) is 17.5 Å². The summed E-state index contributed by atoms with van der Waals surface area (Å²) in [7, 11) is -4.03. The lowest BCUT2D eigenvalue weighted by atomic mass is 9.91. The van der Waals surface area contributed by atoms with Crippen LogP contribution in [0.3, 0.4) is 0 Å². The third-order valence-electron chi connectivity index (χ3n) is 6.19. The van der Waals surface area contributed by atoms with E-state index in [1.807, 2.05) is 42.5 Å². The van der Waals surface area contributed by atoms with Crippen molar-refractivity contribution in [2.24, 2.45) is 0 Å². The molecule has 1 amide bonds. The van der Waals surface area contributed by atoms with Crippen LogP contribution < -0.4 is 0 Å². The van der Waals surface area contributed by atoms with E-state index in [-0.39, 0.29) is 36.1 Å². The molecule has 0 radical (unpaired) electrons. The minimum absolute atomic E-state index is 0.0459. The van der Waals surface area contributed by atoms with E-state index in [4.69, 9.17) is 4.74 Å². The first-order chi connectivity index (χ1) is 15.9. The highest BCUT2D eigenvalue weighted by Gasteiger charge is 2.61. The molecule has 1 unspecified atom stereocenters. The van der Waals surface area contributed by atoms with Crippen LogP contribution in [-0.2, 0) is 20.4 Å². The van der Waals surface area contributed by atoms with Crippen LogP contribution in [0.15, 0.2) is 83.8 Å². The second-order valence-corrected chi connectivity index (χ2v) is 9.72. The lowest BCUT2D eigenvalue weighted by molar-refractivity contribution is 0.0525. The number of fused-ring (bicyclic) bond motifs is 3. The van der Waals surface area contributed by atoms with E-state index < -0.39 is 21.7 Å². The van der Waals surface area contributed by atoms with Crippen LogP contribution in [0.4, 0.5) is 0 Å². The van der Waals surface area contributed by atoms with Crippen molar-refractivity contribution < 1.29 is 22.7 Å². The molecule has 1 fully saturated rings. The van der Waals surface area contributed by atoms with Crippen molar-refractivity contribution in [2.75, 3.05) is 19.7 Å². The molecule has 5 rings (SSSR count). The van der Waals surface area contributed by atoms with Crippen LogP contribution in [0.2, 0.25) is 0 Å². The summed E-state index contributed by atoms with van der Waals surface area (Å²) < 4.78 is 34.3. The zero-order chi connectivity index (χ0) is 23.2. The van der Waals surface area contributed by atoms with Gasteiger partial charge in [0, 0.05) is 24.2 Å². The molecule has 1 atom stereocenters. The number of ether oxygens (including phenoxy) is 1. The van der Waals surface area contributed by atoms with Crippen LogP contribution in [0.25, 0.3) is 0 Å². The first kappa shape index (κ1) is 21.4. The Labute approximate surface area is 192 Å². The highest BCUT2D eigenvalue weighted by molar-refractivity contribution is 7.89. The Bertz CT molecular complexity index is 1340. The van der Waals surface area contributed by atoms with Crippen molar-refractivity contribution in [3.8, 4) is 0 Å². The number of esters is 1. The maximum atomic E-state index is 14.0. The Kier molecular flexibility index (Phi) is 5.07. The molecule has 7 nitrogen and oxygen atoms in total. The van der Waals surface area contributed by atoms with E-state index in [2.05, 4.69) is 0 Å². The zero-order valence-electron chi connectivity index (χ0n) is 18.0. The third-order valence-corrected chi connectivity index (χ3v) is 8.08. The van der Waals surface area contributed by atoms with E-state index in [9.17, 15) is 18.0 Å². The quantitative estimate of drug-likeness (QED) is 0.544. The number of sulfonamides is 1. The Morgan fingerprint density at radius 2 is 1.61 bits per heavy atom. The first-order valence-corrected chi connectivity index (χ1v) is 12.1. The molecular formula is C25H22N2O5S. The normalized spacial score (nSPS) is 19.9. The van der Waals surface area contributed by atoms with Gasteiger partial charge in [0.1, 0.15) is 0 Å². The summed E-state index contributed by atoms with van der Waals surface area (Å²) in [5, 5.41) is 0. The number of carbonyl (C=O) groups is 2. The molecule has 2 heterocycles. The Balaban J connectivity index is 1.67. The molecule has 0 aromatic heterocycles. The predicted molar refractivity (Wildman–Crippen MR) is 121 cm³/mol. The summed E-state index contributed by atoms with van der Waals surface area (Å²) in [6.07, 6.45) is 0. The van der Waals surface area contributed by atoms with Crippen LogP contribution in [0.5, 0.6) is 0 Å². The van der Waals surface area contributed by atoms with Crippen LogP contribution >= 0.6 is 0 Å². The Morgan fingerprint density at radius 1 is 0.939 bits per heavy atom. The molecule has 0 bridgehead atoms. The summed E-state index contributed by atoms with van der Waals surface area (Å²) >= 11 is 0. The fourth-order valence-electron chi connectivity index (χ4n) is 4.82. The van der Waals surface area contributed by atoms with Crippen molar-refractivity contribution in [1.82, 2.24) is 9.21 Å². The third kappa shape index (κ3) is 3.02. The van der Waals surface area contributed by atoms with Gasteiger partial charge < -0.3 is 9.64 Å². The molecule has 2 aliphatic heterocycles. The van der Waals surface area contributed by atoms with Gasteiger partial charge in [-0.3, -0.25) is 4.79 Å². The van der Waals surface area contributed by atoms with Crippen LogP contribution in [0.1, 0.15) is 38.8 Å². The fourth-order valence-corrected chi connectivity index (χ4v) is 6.53. The van der Waals surface area contributed by atoms with Gasteiger partial charge in [-0.25, -0.2) is 13.2 Å². The Morgan fingerprint density at radius 3 is 2.30 bits per heavy atom. The van der Waals surface area contributed by atoms with Gasteiger partial charge >= 0.3 is 5.97 Å². The Hall–Kier alpha value is -3.49. The second kappa shape index (κ2) is 7.83. The smallest absolute Gasteiger partial charge is 0.338 e. The lowest BCUT2D eigenvalue weighted by Gasteiger charge is -2.39. The van der Waals surface area contributed by atoms with E-state index in [1.54, 1.807) is 24.0 Å². The predicted octanol–water partition coefficient (Wildman–Crippen LogP) is 3.22. The van der Waals surface area contributed by atoms with Gasteiger partial charge in [-0.15, -0.1) is 0 Å². The van der Waals surface area contributed by atoms with E-state index in [0.717, 1.165) is 0 Å². The number of benzene rings is 3. The number of carbonyl (C=O) groups excluding carboxylic acids is 2. The number of rotatable bonds is 5. The van der Waals surface area contributed by atoms with Crippen LogP contribution in [0, 0.1) is 0 Å². The monoisotopic (exact) mass is 462 g/mol. The number of amides is 1. The average Bonchev–Trinajstić information content (AvgIpc) is 3.36. The SMILES string of the molecule is CCOC(=O)c1ccc(S(=O)(=O)N2CCN3C(=O)c4ccccc4C32c2ccccc2)cc1. The maximum absolute atomic E-state index is 14.0. The molecule has 8 heteroatoms. The van der Waals surface area contributed by atoms with Gasteiger partial charge in [0.25, 0.3) is 5.91 Å². The van der Waals surface area contributed by atoms with Gasteiger partial charge in [-0.05, 0) is 42.8 Å². The van der Waals surface area contributed by atoms with Gasteiger partial charge in [0.15, 0.2) is 5.66 Å². The second-order valence-electron chi connectivity index (χ2n) is 7.86. The minimum atomic E-state index is -4.03. The van der Waals surface area contributed by atoms with Crippen molar-refractivity contribution >= 4 is 21.9 Å². The lowest BCUT2D eigenvalue weighted by Crippen LogP contribution is -2.51. The molecule has 33 heavy (non-hydrogen) atoms. The summed E-state index contributed by atoms with van der Waals surface area (Å²) in [6, 6.07) is 22.1. The fraction of sp³-hybridized carbons (Fsp3) is 0.200. The van der Waals surface area contributed by atoms with Crippen LogP contribution in [-0.4, -0.2) is 49.2 Å². The van der Waals surface area contributed by atoms with E-state index >= 15 is 0 Å². The molecule has 0 saturated carbocycles. The van der Waals surface area contributed by atoms with Crippen molar-refractivity contribution in [3.05, 3.63) is 101 Å². The number of hydrogen-bond acceptors (Lipinski definition) is 5. The number of nitrogens with zero attached hydrogens (tertiary/aromatic N) is 2. The number of hydrogen-bond donors (Lipinski definition) is 0. The molecule has 0 N–H and O–H groups in total. The van der Waals surface area contributed by atoms with E-state index in [1.165, 1.54) is 28.6 Å². The van der Waals surface area contributed by atoms with Crippen molar-refractivity contribution in [3.63, 3.8) is 0 Å². The standard InChI is InChI=1S/C25H22N2O5S/c1-2-32-24(29)18-12-14-20(15-13-18)33(30,31)27-17-16-26-23(28)21-10-6-7-11-22(21)25(26,27)19-8-4-3-5-9-19/h3-15H,2,16-17H2,1H3. The molecule has 3 aromatic carbocycles. The van der Waals surface area contributed by atoms with Gasteiger partial charge in [-0.2, -0.15) is 4.31 Å². The van der Waals surface area contributed by atoms with Crippen molar-refractivity contribution in [1.29, 1.82) is 0 Å². The molecule has 1 saturated heterocycles. The minimum Gasteiger partial charge on any atom is -0.462 e. The highest BCUT2D eigenvalue weighted by atomic mass is 32.2. The molecule has 0 spiro atoms.